The monoisotopic (exact) mass is 399 g/mol. The fraction of sp³-hybridized carbons (Fsp3) is 0.429. The van der Waals surface area contributed by atoms with Gasteiger partial charge in [-0.15, -0.1) is 11.8 Å². The first-order valence-corrected chi connectivity index (χ1v) is 10.7. The van der Waals surface area contributed by atoms with E-state index in [0.717, 1.165) is 30.2 Å². The number of benzene rings is 1. The number of likely N-dealkylation sites (tertiary alicyclic amines) is 1. The third-order valence-corrected chi connectivity index (χ3v) is 6.46. The highest BCUT2D eigenvalue weighted by atomic mass is 32.2. The number of anilines is 2. The molecule has 1 N–H and O–H groups in total. The van der Waals surface area contributed by atoms with Gasteiger partial charge in [0.25, 0.3) is 0 Å². The van der Waals surface area contributed by atoms with Crippen molar-refractivity contribution in [3.8, 4) is 0 Å². The molecule has 1 aromatic heterocycles. The standard InChI is InChI=1S/C21H25N3O3S/c1-15(25)22-16-7-8-19-17(14-16)24(12-11-23-9-3-2-4-10-23)21(26)20(28-19)18-6-5-13-27-18/h5-8,13-14,20H,2-4,9-12H2,1H3,(H,22,25). The fourth-order valence-electron chi connectivity index (χ4n) is 3.82. The molecule has 3 heterocycles. The minimum atomic E-state index is -0.379. The van der Waals surface area contributed by atoms with Gasteiger partial charge in [-0.1, -0.05) is 6.42 Å². The lowest BCUT2D eigenvalue weighted by Gasteiger charge is -2.35. The lowest BCUT2D eigenvalue weighted by Crippen LogP contribution is -2.43. The van der Waals surface area contributed by atoms with E-state index < -0.39 is 0 Å². The van der Waals surface area contributed by atoms with Gasteiger partial charge in [-0.3, -0.25) is 9.59 Å². The second kappa shape index (κ2) is 8.41. The molecular weight excluding hydrogens is 374 g/mol. The van der Waals surface area contributed by atoms with Crippen molar-refractivity contribution in [2.24, 2.45) is 0 Å². The molecule has 4 rings (SSSR count). The van der Waals surface area contributed by atoms with Gasteiger partial charge in [-0.05, 0) is 56.3 Å². The molecule has 0 bridgehead atoms. The molecule has 0 saturated carbocycles. The van der Waals surface area contributed by atoms with Crippen LogP contribution in [0.15, 0.2) is 45.9 Å². The van der Waals surface area contributed by atoms with Crippen LogP contribution >= 0.6 is 11.8 Å². The number of nitrogens with zero attached hydrogens (tertiary/aromatic N) is 2. The number of thioether (sulfide) groups is 1. The molecule has 2 aliphatic rings. The van der Waals surface area contributed by atoms with E-state index in [2.05, 4.69) is 10.2 Å². The van der Waals surface area contributed by atoms with Crippen molar-refractivity contribution >= 4 is 35.0 Å². The SMILES string of the molecule is CC(=O)Nc1ccc2c(c1)N(CCN1CCCCC1)C(=O)C(c1ccco1)S2. The summed E-state index contributed by atoms with van der Waals surface area (Å²) in [4.78, 5) is 30.1. The Morgan fingerprint density at radius 1 is 1.21 bits per heavy atom. The van der Waals surface area contributed by atoms with Crippen LogP contribution < -0.4 is 10.2 Å². The number of amides is 2. The Morgan fingerprint density at radius 2 is 2.04 bits per heavy atom. The molecule has 0 aliphatic carbocycles. The van der Waals surface area contributed by atoms with Gasteiger partial charge in [0.1, 0.15) is 11.0 Å². The summed E-state index contributed by atoms with van der Waals surface area (Å²) in [5, 5.41) is 2.44. The number of hydrogen-bond donors (Lipinski definition) is 1. The van der Waals surface area contributed by atoms with Crippen molar-refractivity contribution < 1.29 is 14.0 Å². The molecule has 7 heteroatoms. The van der Waals surface area contributed by atoms with Gasteiger partial charge < -0.3 is 19.5 Å². The van der Waals surface area contributed by atoms with Crippen LogP contribution in [0, 0.1) is 0 Å². The molecule has 148 valence electrons. The Bertz CT molecular complexity index is 847. The van der Waals surface area contributed by atoms with Gasteiger partial charge in [-0.2, -0.15) is 0 Å². The average Bonchev–Trinajstić information content (AvgIpc) is 3.22. The number of carbonyl (C=O) groups is 2. The third-order valence-electron chi connectivity index (χ3n) is 5.20. The second-order valence-electron chi connectivity index (χ2n) is 7.27. The zero-order valence-corrected chi connectivity index (χ0v) is 16.8. The number of carbonyl (C=O) groups excluding carboxylic acids is 2. The largest absolute Gasteiger partial charge is 0.468 e. The normalized spacial score (nSPS) is 20.1. The number of piperidine rings is 1. The summed E-state index contributed by atoms with van der Waals surface area (Å²) in [6.45, 7) is 5.16. The quantitative estimate of drug-likeness (QED) is 0.826. The lowest BCUT2D eigenvalue weighted by atomic mass is 10.1. The van der Waals surface area contributed by atoms with Gasteiger partial charge in [0, 0.05) is 30.6 Å². The number of hydrogen-bond acceptors (Lipinski definition) is 5. The van der Waals surface area contributed by atoms with Crippen LogP contribution in [-0.4, -0.2) is 42.9 Å². The minimum Gasteiger partial charge on any atom is -0.468 e. The van der Waals surface area contributed by atoms with E-state index in [9.17, 15) is 9.59 Å². The summed E-state index contributed by atoms with van der Waals surface area (Å²) in [6, 6.07) is 9.43. The van der Waals surface area contributed by atoms with Crippen LogP contribution in [0.5, 0.6) is 0 Å². The Kier molecular flexibility index (Phi) is 5.73. The van der Waals surface area contributed by atoms with Crippen molar-refractivity contribution in [3.63, 3.8) is 0 Å². The van der Waals surface area contributed by atoms with Crippen LogP contribution in [-0.2, 0) is 9.59 Å². The van der Waals surface area contributed by atoms with Crippen molar-refractivity contribution in [1.82, 2.24) is 4.90 Å². The first-order valence-electron chi connectivity index (χ1n) is 9.77. The third kappa shape index (κ3) is 4.10. The molecule has 1 atom stereocenters. The Balaban J connectivity index is 1.62. The van der Waals surface area contributed by atoms with Gasteiger partial charge >= 0.3 is 0 Å². The average molecular weight is 400 g/mol. The van der Waals surface area contributed by atoms with E-state index in [0.29, 0.717) is 18.0 Å². The van der Waals surface area contributed by atoms with Crippen LogP contribution in [0.25, 0.3) is 0 Å². The zero-order chi connectivity index (χ0) is 19.5. The van der Waals surface area contributed by atoms with Crippen molar-refractivity contribution in [1.29, 1.82) is 0 Å². The van der Waals surface area contributed by atoms with Gasteiger partial charge in [0.2, 0.25) is 11.8 Å². The first-order chi connectivity index (χ1) is 13.6. The zero-order valence-electron chi connectivity index (χ0n) is 16.0. The first kappa shape index (κ1) is 19.1. The van der Waals surface area contributed by atoms with Crippen molar-refractivity contribution in [2.45, 2.75) is 36.3 Å². The molecule has 28 heavy (non-hydrogen) atoms. The number of fused-ring (bicyclic) bond motifs is 1. The predicted molar refractivity (Wildman–Crippen MR) is 111 cm³/mol. The number of nitrogens with one attached hydrogen (secondary N) is 1. The number of furan rings is 1. The van der Waals surface area contributed by atoms with E-state index >= 15 is 0 Å². The van der Waals surface area contributed by atoms with Crippen LogP contribution in [0.2, 0.25) is 0 Å². The smallest absolute Gasteiger partial charge is 0.248 e. The molecule has 2 aromatic rings. The molecule has 6 nitrogen and oxygen atoms in total. The van der Waals surface area contributed by atoms with Gasteiger partial charge in [-0.25, -0.2) is 0 Å². The van der Waals surface area contributed by atoms with Crippen LogP contribution in [0.1, 0.15) is 37.2 Å². The maximum absolute atomic E-state index is 13.3. The Morgan fingerprint density at radius 3 is 2.75 bits per heavy atom. The number of rotatable bonds is 5. The summed E-state index contributed by atoms with van der Waals surface area (Å²) in [7, 11) is 0. The van der Waals surface area contributed by atoms with E-state index in [1.807, 2.05) is 35.2 Å². The summed E-state index contributed by atoms with van der Waals surface area (Å²) < 4.78 is 5.54. The van der Waals surface area contributed by atoms with Crippen LogP contribution in [0.4, 0.5) is 11.4 Å². The highest BCUT2D eigenvalue weighted by Crippen LogP contribution is 2.47. The lowest BCUT2D eigenvalue weighted by molar-refractivity contribution is -0.118. The Labute approximate surface area is 169 Å². The molecule has 1 fully saturated rings. The molecule has 1 aromatic carbocycles. The van der Waals surface area contributed by atoms with Crippen LogP contribution in [0.3, 0.4) is 0 Å². The molecule has 1 saturated heterocycles. The maximum atomic E-state index is 13.3. The molecular formula is C21H25N3O3S. The summed E-state index contributed by atoms with van der Waals surface area (Å²) in [5.74, 6) is 0.585. The van der Waals surface area contributed by atoms with E-state index in [1.165, 1.54) is 37.9 Å². The second-order valence-corrected chi connectivity index (χ2v) is 8.42. The summed E-state index contributed by atoms with van der Waals surface area (Å²) in [5.41, 5.74) is 1.57. The molecule has 2 aliphatic heterocycles. The van der Waals surface area contributed by atoms with Gasteiger partial charge in [0.05, 0.1) is 12.0 Å². The Hall–Kier alpha value is -2.25. The fourth-order valence-corrected chi connectivity index (χ4v) is 4.99. The van der Waals surface area contributed by atoms with Crippen molar-refractivity contribution in [3.05, 3.63) is 42.4 Å². The molecule has 1 unspecified atom stereocenters. The van der Waals surface area contributed by atoms with E-state index in [1.54, 1.807) is 6.26 Å². The van der Waals surface area contributed by atoms with Gasteiger partial charge in [0.15, 0.2) is 0 Å². The van der Waals surface area contributed by atoms with Crippen molar-refractivity contribution in [2.75, 3.05) is 36.4 Å². The van der Waals surface area contributed by atoms with E-state index in [-0.39, 0.29) is 17.1 Å². The molecule has 0 radical (unpaired) electrons. The molecule has 2 amide bonds. The topological polar surface area (TPSA) is 65.8 Å². The highest BCUT2D eigenvalue weighted by Gasteiger charge is 2.36. The predicted octanol–water partition coefficient (Wildman–Crippen LogP) is 3.90. The molecule has 0 spiro atoms. The van der Waals surface area contributed by atoms with E-state index in [4.69, 9.17) is 4.42 Å². The summed E-state index contributed by atoms with van der Waals surface area (Å²) >= 11 is 1.50. The maximum Gasteiger partial charge on any atom is 0.248 e. The minimum absolute atomic E-state index is 0.0319. The summed E-state index contributed by atoms with van der Waals surface area (Å²) in [6.07, 6.45) is 5.35. The highest BCUT2D eigenvalue weighted by molar-refractivity contribution is 8.00.